The molecule has 2 rings (SSSR count). The Morgan fingerprint density at radius 3 is 2.95 bits per heavy atom. The van der Waals surface area contributed by atoms with Crippen molar-refractivity contribution in [3.63, 3.8) is 0 Å². The number of aliphatic imine (C=N–C) groups is 1. The molecule has 20 heavy (non-hydrogen) atoms. The van der Waals surface area contributed by atoms with Crippen LogP contribution >= 0.6 is 11.8 Å². The fourth-order valence-electron chi connectivity index (χ4n) is 1.78. The number of nitrogens with zero attached hydrogens (tertiary/aromatic N) is 4. The highest BCUT2D eigenvalue weighted by atomic mass is 32.2. The van der Waals surface area contributed by atoms with Crippen molar-refractivity contribution in [2.45, 2.75) is 11.4 Å². The van der Waals surface area contributed by atoms with Crippen LogP contribution in [0.5, 0.6) is 0 Å². The number of rotatable bonds is 6. The number of aryl methyl sites for hydroxylation is 1. The minimum absolute atomic E-state index is 0.257. The zero-order chi connectivity index (χ0) is 14.5. The van der Waals surface area contributed by atoms with Gasteiger partial charge in [-0.05, 0) is 32.0 Å². The minimum atomic E-state index is -0.257. The Morgan fingerprint density at radius 1 is 1.50 bits per heavy atom. The van der Waals surface area contributed by atoms with Gasteiger partial charge in [-0.2, -0.15) is 0 Å². The van der Waals surface area contributed by atoms with E-state index < -0.39 is 0 Å². The van der Waals surface area contributed by atoms with Crippen LogP contribution in [0.3, 0.4) is 0 Å². The molecule has 106 valence electrons. The fraction of sp³-hybridized carbons (Fsp3) is 0.286. The molecule has 0 saturated heterocycles. The molecule has 0 N–H and O–H groups in total. The van der Waals surface area contributed by atoms with E-state index in [1.54, 1.807) is 12.4 Å². The number of benzene rings is 1. The van der Waals surface area contributed by atoms with E-state index in [4.69, 9.17) is 0 Å². The van der Waals surface area contributed by atoms with Crippen molar-refractivity contribution < 1.29 is 4.39 Å². The van der Waals surface area contributed by atoms with Gasteiger partial charge in [0, 0.05) is 30.6 Å². The first-order chi connectivity index (χ1) is 9.58. The Kier molecular flexibility index (Phi) is 4.92. The van der Waals surface area contributed by atoms with Gasteiger partial charge in [0.15, 0.2) is 0 Å². The maximum Gasteiger partial charge on any atom is 0.124 e. The highest BCUT2D eigenvalue weighted by Crippen LogP contribution is 2.30. The first-order valence-corrected chi connectivity index (χ1v) is 7.11. The Labute approximate surface area is 122 Å². The van der Waals surface area contributed by atoms with Crippen LogP contribution in [-0.4, -0.2) is 34.1 Å². The molecule has 1 aromatic carbocycles. The van der Waals surface area contributed by atoms with Crippen LogP contribution in [-0.2, 0) is 13.6 Å². The predicted molar refractivity (Wildman–Crippen MR) is 81.0 cm³/mol. The summed E-state index contributed by atoms with van der Waals surface area (Å²) in [6.07, 6.45) is 3.77. The molecule has 0 amide bonds. The molecule has 0 radical (unpaired) electrons. The SMILES string of the molecule is C=Nc1ccc(F)cc1SCN(C)Cc1cn(C)cn1. The lowest BCUT2D eigenvalue weighted by molar-refractivity contribution is 0.381. The Bertz CT molecular complexity index is 597. The summed E-state index contributed by atoms with van der Waals surface area (Å²) in [6, 6.07) is 4.53. The number of hydrogen-bond acceptors (Lipinski definition) is 4. The second-order valence-electron chi connectivity index (χ2n) is 4.59. The molecule has 0 aliphatic carbocycles. The van der Waals surface area contributed by atoms with Crippen molar-refractivity contribution in [2.24, 2.45) is 12.0 Å². The Morgan fingerprint density at radius 2 is 2.30 bits per heavy atom. The standard InChI is InChI=1S/C14H17FN4S/c1-16-13-5-4-11(15)6-14(13)20-10-19(3)8-12-7-18(2)9-17-12/h4-7,9H,1,8,10H2,2-3H3. The normalized spacial score (nSPS) is 11.0. The van der Waals surface area contributed by atoms with Crippen LogP contribution in [0, 0.1) is 5.82 Å². The third-order valence-electron chi connectivity index (χ3n) is 2.72. The van der Waals surface area contributed by atoms with Crippen LogP contribution in [0.1, 0.15) is 5.69 Å². The zero-order valence-electron chi connectivity index (χ0n) is 11.6. The van der Waals surface area contributed by atoms with Gasteiger partial charge < -0.3 is 4.57 Å². The summed E-state index contributed by atoms with van der Waals surface area (Å²) in [6.45, 7) is 4.26. The Balaban J connectivity index is 1.94. The van der Waals surface area contributed by atoms with Gasteiger partial charge in [0.1, 0.15) is 5.82 Å². The third kappa shape index (κ3) is 3.91. The molecule has 0 saturated carbocycles. The second-order valence-corrected chi connectivity index (χ2v) is 5.57. The van der Waals surface area contributed by atoms with Gasteiger partial charge in [-0.1, -0.05) is 0 Å². The van der Waals surface area contributed by atoms with E-state index in [0.29, 0.717) is 5.69 Å². The van der Waals surface area contributed by atoms with Crippen molar-refractivity contribution in [1.29, 1.82) is 0 Å². The molecule has 1 heterocycles. The molecular weight excluding hydrogens is 275 g/mol. The van der Waals surface area contributed by atoms with Gasteiger partial charge >= 0.3 is 0 Å². The zero-order valence-corrected chi connectivity index (χ0v) is 12.4. The van der Waals surface area contributed by atoms with E-state index in [9.17, 15) is 4.39 Å². The lowest BCUT2D eigenvalue weighted by Crippen LogP contribution is -2.17. The summed E-state index contributed by atoms with van der Waals surface area (Å²) >= 11 is 1.54. The van der Waals surface area contributed by atoms with E-state index in [1.807, 2.05) is 24.9 Å². The molecule has 0 aliphatic heterocycles. The topological polar surface area (TPSA) is 33.4 Å². The van der Waals surface area contributed by atoms with Crippen molar-refractivity contribution in [3.05, 3.63) is 42.2 Å². The lowest BCUT2D eigenvalue weighted by atomic mass is 10.3. The average molecular weight is 292 g/mol. The number of halogens is 1. The van der Waals surface area contributed by atoms with E-state index in [2.05, 4.69) is 21.6 Å². The summed E-state index contributed by atoms with van der Waals surface area (Å²) in [7, 11) is 3.95. The van der Waals surface area contributed by atoms with E-state index in [1.165, 1.54) is 23.9 Å². The monoisotopic (exact) mass is 292 g/mol. The number of thioether (sulfide) groups is 1. The first kappa shape index (κ1) is 14.7. The van der Waals surface area contributed by atoms with Crippen LogP contribution in [0.15, 0.2) is 40.6 Å². The van der Waals surface area contributed by atoms with Crippen molar-refractivity contribution >= 4 is 24.2 Å². The largest absolute Gasteiger partial charge is 0.340 e. The van der Waals surface area contributed by atoms with E-state index in [-0.39, 0.29) is 5.82 Å². The van der Waals surface area contributed by atoms with Gasteiger partial charge in [0.05, 0.1) is 17.7 Å². The third-order valence-corrected chi connectivity index (χ3v) is 3.93. The molecule has 1 aromatic heterocycles. The second kappa shape index (κ2) is 6.67. The molecule has 4 nitrogen and oxygen atoms in total. The van der Waals surface area contributed by atoms with Crippen LogP contribution in [0.2, 0.25) is 0 Å². The van der Waals surface area contributed by atoms with Crippen LogP contribution in [0.4, 0.5) is 10.1 Å². The summed E-state index contributed by atoms with van der Waals surface area (Å²) in [5, 5.41) is 0. The summed E-state index contributed by atoms with van der Waals surface area (Å²) in [4.78, 5) is 11.1. The average Bonchev–Trinajstić information content (AvgIpc) is 2.82. The molecule has 0 aliphatic rings. The number of hydrogen-bond donors (Lipinski definition) is 0. The highest BCUT2D eigenvalue weighted by molar-refractivity contribution is 7.99. The summed E-state index contributed by atoms with van der Waals surface area (Å²) in [5.74, 6) is 0.468. The van der Waals surface area contributed by atoms with Gasteiger partial charge in [0.2, 0.25) is 0 Å². The van der Waals surface area contributed by atoms with Crippen LogP contribution < -0.4 is 0 Å². The molecule has 0 atom stereocenters. The number of imidazole rings is 1. The minimum Gasteiger partial charge on any atom is -0.340 e. The first-order valence-electron chi connectivity index (χ1n) is 6.13. The van der Waals surface area contributed by atoms with Crippen molar-refractivity contribution in [1.82, 2.24) is 14.5 Å². The van der Waals surface area contributed by atoms with Gasteiger partial charge in [-0.25, -0.2) is 9.37 Å². The molecule has 0 unspecified atom stereocenters. The number of aromatic nitrogens is 2. The molecule has 6 heteroatoms. The van der Waals surface area contributed by atoms with E-state index >= 15 is 0 Å². The van der Waals surface area contributed by atoms with Crippen molar-refractivity contribution in [2.75, 3.05) is 12.9 Å². The molecule has 0 fully saturated rings. The van der Waals surface area contributed by atoms with Crippen LogP contribution in [0.25, 0.3) is 0 Å². The van der Waals surface area contributed by atoms with Gasteiger partial charge in [-0.3, -0.25) is 9.89 Å². The van der Waals surface area contributed by atoms with Crippen molar-refractivity contribution in [3.8, 4) is 0 Å². The molecule has 0 bridgehead atoms. The van der Waals surface area contributed by atoms with Gasteiger partial charge in [0.25, 0.3) is 0 Å². The summed E-state index contributed by atoms with van der Waals surface area (Å²) < 4.78 is 15.2. The predicted octanol–water partition coefficient (Wildman–Crippen LogP) is 3.07. The van der Waals surface area contributed by atoms with Gasteiger partial charge in [-0.15, -0.1) is 11.8 Å². The molecule has 0 spiro atoms. The smallest absolute Gasteiger partial charge is 0.124 e. The highest BCUT2D eigenvalue weighted by Gasteiger charge is 2.07. The molecule has 2 aromatic rings. The van der Waals surface area contributed by atoms with E-state index in [0.717, 1.165) is 23.0 Å². The fourth-order valence-corrected chi connectivity index (χ4v) is 2.71. The summed E-state index contributed by atoms with van der Waals surface area (Å²) in [5.41, 5.74) is 1.72. The maximum absolute atomic E-state index is 13.3. The lowest BCUT2D eigenvalue weighted by Gasteiger charge is -2.15. The molecular formula is C14H17FN4S. The quantitative estimate of drug-likeness (QED) is 0.466. The Hall–Kier alpha value is -1.66. The maximum atomic E-state index is 13.3.